The van der Waals surface area contributed by atoms with Gasteiger partial charge in [0, 0.05) is 18.4 Å². The molecule has 0 radical (unpaired) electrons. The van der Waals surface area contributed by atoms with Crippen LogP contribution in [0.4, 0.5) is 4.79 Å². The molecule has 0 spiro atoms. The van der Waals surface area contributed by atoms with E-state index in [0.717, 1.165) is 25.7 Å². The van der Waals surface area contributed by atoms with Crippen LogP contribution in [0.2, 0.25) is 0 Å². The number of rotatable bonds is 12. The second-order valence-corrected chi connectivity index (χ2v) is 18.3. The fraction of sp³-hybridized carbons (Fsp3) is 0.622. The van der Waals surface area contributed by atoms with E-state index in [4.69, 9.17) is 14.2 Å². The molecule has 53 heavy (non-hydrogen) atoms. The van der Waals surface area contributed by atoms with Gasteiger partial charge in [-0.15, -0.1) is 6.58 Å². The number of benzene rings is 1. The van der Waals surface area contributed by atoms with Crippen LogP contribution in [0.25, 0.3) is 11.0 Å². The van der Waals surface area contributed by atoms with Crippen LogP contribution in [-0.2, 0) is 29.1 Å². The van der Waals surface area contributed by atoms with Crippen LogP contribution in [0, 0.1) is 18.3 Å². The van der Waals surface area contributed by atoms with Gasteiger partial charge in [0.05, 0.1) is 29.4 Å². The molecule has 288 valence electrons. The monoisotopic (exact) mass is 754 g/mol. The van der Waals surface area contributed by atoms with Gasteiger partial charge in [0.15, 0.2) is 0 Å². The zero-order valence-electron chi connectivity index (χ0n) is 31.2. The lowest BCUT2D eigenvalue weighted by Gasteiger charge is -2.35. The highest BCUT2D eigenvalue weighted by atomic mass is 32.2. The Balaban J connectivity index is 1.28. The van der Waals surface area contributed by atoms with Crippen molar-refractivity contribution in [3.8, 4) is 11.6 Å². The maximum Gasteiger partial charge on any atom is 0.408 e. The van der Waals surface area contributed by atoms with Gasteiger partial charge in [0.1, 0.15) is 41.3 Å². The molecule has 0 bridgehead atoms. The Morgan fingerprint density at radius 2 is 1.77 bits per heavy atom. The molecule has 0 unspecified atom stereocenters. The van der Waals surface area contributed by atoms with E-state index in [0.29, 0.717) is 35.3 Å². The molecule has 2 heterocycles. The third-order valence-corrected chi connectivity index (χ3v) is 13.1. The summed E-state index contributed by atoms with van der Waals surface area (Å²) >= 11 is 0. The van der Waals surface area contributed by atoms with E-state index in [1.807, 2.05) is 0 Å². The second kappa shape index (κ2) is 14.1. The molecule has 15 nitrogen and oxygen atoms in total. The first-order chi connectivity index (χ1) is 24.9. The van der Waals surface area contributed by atoms with E-state index < -0.39 is 73.6 Å². The number of ether oxygens (including phenoxy) is 3. The van der Waals surface area contributed by atoms with Gasteiger partial charge in [-0.25, -0.2) is 23.2 Å². The molecule has 1 aromatic heterocycles. The van der Waals surface area contributed by atoms with Crippen LogP contribution in [0.15, 0.2) is 30.9 Å². The summed E-state index contributed by atoms with van der Waals surface area (Å²) in [5, 5.41) is 5.56. The SMILES string of the molecule is C=C[C@@H]1C[C@]1(NC(=O)[C@@H]1C[C@@H](Oc2nc3cc(OC)ccc3nc2C)CN1C(=O)[C@@H](NC(=O)OC1CCCC1)C(C)(C)C)C(=O)NS(=O)(=O)C1(C)CC1. The third-order valence-electron chi connectivity index (χ3n) is 11.0. The first kappa shape index (κ1) is 38.3. The zero-order chi connectivity index (χ0) is 38.5. The Morgan fingerprint density at radius 1 is 1.08 bits per heavy atom. The van der Waals surface area contributed by atoms with E-state index in [9.17, 15) is 27.6 Å². The second-order valence-electron chi connectivity index (χ2n) is 16.1. The van der Waals surface area contributed by atoms with Crippen LogP contribution in [0.5, 0.6) is 11.6 Å². The van der Waals surface area contributed by atoms with Gasteiger partial charge in [0.2, 0.25) is 27.7 Å². The van der Waals surface area contributed by atoms with Crippen molar-refractivity contribution in [3.63, 3.8) is 0 Å². The van der Waals surface area contributed by atoms with E-state index in [1.54, 1.807) is 59.9 Å². The summed E-state index contributed by atoms with van der Waals surface area (Å²) in [7, 11) is -2.45. The first-order valence-electron chi connectivity index (χ1n) is 18.2. The van der Waals surface area contributed by atoms with Gasteiger partial charge in [-0.05, 0) is 76.3 Å². The van der Waals surface area contributed by atoms with E-state index in [1.165, 1.54) is 11.0 Å². The summed E-state index contributed by atoms with van der Waals surface area (Å²) in [6.45, 7) is 12.4. The topological polar surface area (TPSA) is 195 Å². The molecule has 4 aliphatic rings. The van der Waals surface area contributed by atoms with Gasteiger partial charge in [-0.2, -0.15) is 0 Å². The molecule has 3 N–H and O–H groups in total. The largest absolute Gasteiger partial charge is 0.497 e. The number of carbonyl (C=O) groups is 4. The molecule has 6 rings (SSSR count). The maximum absolute atomic E-state index is 14.5. The fourth-order valence-corrected chi connectivity index (χ4v) is 8.43. The highest BCUT2D eigenvalue weighted by molar-refractivity contribution is 7.91. The number of carbonyl (C=O) groups excluding carboxylic acids is 4. The summed E-state index contributed by atoms with van der Waals surface area (Å²) in [4.78, 5) is 66.2. The number of nitrogens with one attached hydrogen (secondary N) is 3. The summed E-state index contributed by atoms with van der Waals surface area (Å²) in [5.74, 6) is -1.82. The van der Waals surface area contributed by atoms with Gasteiger partial charge < -0.3 is 29.7 Å². The molecular weight excluding hydrogens is 705 g/mol. The Kier molecular flexibility index (Phi) is 10.2. The number of alkyl carbamates (subject to hydrolysis) is 1. The number of methoxy groups -OCH3 is 1. The minimum Gasteiger partial charge on any atom is -0.497 e. The minimum absolute atomic E-state index is 0.00501. The predicted molar refractivity (Wildman–Crippen MR) is 194 cm³/mol. The molecule has 1 saturated heterocycles. The molecular formula is C37H50N6O9S. The number of amides is 4. The van der Waals surface area contributed by atoms with Crippen LogP contribution >= 0.6 is 0 Å². The van der Waals surface area contributed by atoms with Crippen LogP contribution in [0.1, 0.15) is 84.8 Å². The number of likely N-dealkylation sites (tertiary alicyclic amines) is 1. The average Bonchev–Trinajstić information content (AvgIpc) is 3.88. The lowest BCUT2D eigenvalue weighted by atomic mass is 9.85. The standard InChI is InChI=1S/C37H50N6O9S/c1-8-22-19-37(22,33(46)42-53(48,49)36(6)15-16-36)41-30(44)28-18-25(51-31-21(2)38-26-14-13-24(50-7)17-27(26)39-31)20-43(28)32(45)29(35(3,4)5)40-34(47)52-23-11-9-10-12-23/h8,13-14,17,22-23,25,28-29H,1,9-12,15-16,18-20H2,2-7H3,(H,40,47)(H,41,44)(H,42,46)/t22-,25-,28+,29-,37-/m1/s1. The van der Waals surface area contributed by atoms with Gasteiger partial charge in [0.25, 0.3) is 5.91 Å². The number of aryl methyl sites for hydroxylation is 1. The summed E-state index contributed by atoms with van der Waals surface area (Å²) < 4.78 is 44.5. The molecule has 1 aromatic carbocycles. The lowest BCUT2D eigenvalue weighted by Crippen LogP contribution is -2.60. The molecule has 4 amide bonds. The number of hydrogen-bond acceptors (Lipinski definition) is 11. The summed E-state index contributed by atoms with van der Waals surface area (Å²) in [6.07, 6.45) is 4.20. The Bertz CT molecular complexity index is 1920. The van der Waals surface area contributed by atoms with Crippen LogP contribution in [-0.4, -0.2) is 95.3 Å². The molecule has 3 saturated carbocycles. The van der Waals surface area contributed by atoms with Crippen molar-refractivity contribution in [3.05, 3.63) is 36.5 Å². The van der Waals surface area contributed by atoms with Gasteiger partial charge in [-0.3, -0.25) is 19.1 Å². The molecule has 1 aliphatic heterocycles. The Hall–Kier alpha value is -4.47. The highest BCUT2D eigenvalue weighted by Gasteiger charge is 2.63. The van der Waals surface area contributed by atoms with E-state index in [-0.39, 0.29) is 31.4 Å². The molecule has 16 heteroatoms. The van der Waals surface area contributed by atoms with Crippen molar-refractivity contribution in [2.75, 3.05) is 13.7 Å². The van der Waals surface area contributed by atoms with E-state index in [2.05, 4.69) is 31.9 Å². The first-order valence-corrected chi connectivity index (χ1v) is 19.7. The summed E-state index contributed by atoms with van der Waals surface area (Å²) in [6, 6.07) is 3.02. The minimum atomic E-state index is -4.00. The summed E-state index contributed by atoms with van der Waals surface area (Å²) in [5.41, 5.74) is -0.733. The van der Waals surface area contributed by atoms with Crippen molar-refractivity contribution >= 4 is 44.9 Å². The smallest absolute Gasteiger partial charge is 0.408 e. The van der Waals surface area contributed by atoms with Crippen molar-refractivity contribution in [1.82, 2.24) is 30.2 Å². The number of aromatic nitrogens is 2. The van der Waals surface area contributed by atoms with Crippen LogP contribution < -0.4 is 24.8 Å². The Labute approximate surface area is 310 Å². The average molecular weight is 755 g/mol. The third kappa shape index (κ3) is 7.78. The Morgan fingerprint density at radius 3 is 2.38 bits per heavy atom. The lowest BCUT2D eigenvalue weighted by molar-refractivity contribution is -0.143. The molecule has 3 aliphatic carbocycles. The van der Waals surface area contributed by atoms with Crippen molar-refractivity contribution < 1.29 is 41.8 Å². The van der Waals surface area contributed by atoms with Crippen molar-refractivity contribution in [2.45, 2.75) is 121 Å². The number of nitrogens with zero attached hydrogens (tertiary/aromatic N) is 3. The fourth-order valence-electron chi connectivity index (χ4n) is 7.12. The van der Waals surface area contributed by atoms with Gasteiger partial charge in [-0.1, -0.05) is 26.8 Å². The van der Waals surface area contributed by atoms with E-state index >= 15 is 0 Å². The predicted octanol–water partition coefficient (Wildman–Crippen LogP) is 3.44. The highest BCUT2D eigenvalue weighted by Crippen LogP contribution is 2.47. The zero-order valence-corrected chi connectivity index (χ0v) is 32.0. The molecule has 2 aromatic rings. The quantitative estimate of drug-likeness (QED) is 0.269. The van der Waals surface area contributed by atoms with Crippen molar-refractivity contribution in [2.24, 2.45) is 11.3 Å². The normalized spacial score (nSPS) is 25.6. The molecule has 5 atom stereocenters. The number of sulfonamides is 1. The maximum atomic E-state index is 14.5. The molecule has 4 fully saturated rings. The van der Waals surface area contributed by atoms with Gasteiger partial charge >= 0.3 is 6.09 Å². The van der Waals surface area contributed by atoms with Crippen LogP contribution in [0.3, 0.4) is 0 Å². The van der Waals surface area contributed by atoms with Crippen molar-refractivity contribution in [1.29, 1.82) is 0 Å². The number of hydrogen-bond donors (Lipinski definition) is 3. The number of fused-ring (bicyclic) bond motifs is 1.